The predicted molar refractivity (Wildman–Crippen MR) is 200 cm³/mol. The van der Waals surface area contributed by atoms with Crippen LogP contribution >= 0.6 is 0 Å². The quantitative estimate of drug-likeness (QED) is 0.101. The summed E-state index contributed by atoms with van der Waals surface area (Å²) in [5.74, 6) is -0.531. The maximum Gasteiger partial charge on any atom is 0.417 e. The van der Waals surface area contributed by atoms with E-state index < -0.39 is 48.2 Å². The monoisotopic (exact) mass is 696 g/mol. The molecule has 0 bridgehead atoms. The van der Waals surface area contributed by atoms with Crippen molar-refractivity contribution >= 4 is 33.5 Å². The van der Waals surface area contributed by atoms with Crippen molar-refractivity contribution in [2.24, 2.45) is 5.73 Å². The second-order valence-electron chi connectivity index (χ2n) is 14.0. The van der Waals surface area contributed by atoms with Crippen molar-refractivity contribution in [2.75, 3.05) is 26.4 Å². The molecule has 0 aromatic heterocycles. The molecule has 0 saturated carbocycles. The van der Waals surface area contributed by atoms with Gasteiger partial charge in [-0.3, -0.25) is 4.79 Å². The number of aryl methyl sites for hydroxylation is 2. The average Bonchev–Trinajstić information content (AvgIpc) is 3.10. The Morgan fingerprint density at radius 2 is 1.33 bits per heavy atom. The van der Waals surface area contributed by atoms with Crippen molar-refractivity contribution in [1.29, 1.82) is 0 Å². The molecule has 1 aliphatic heterocycles. The molecule has 9 nitrogen and oxygen atoms in total. The van der Waals surface area contributed by atoms with Crippen molar-refractivity contribution in [3.63, 3.8) is 0 Å². The van der Waals surface area contributed by atoms with Gasteiger partial charge in [0.1, 0.15) is 30.0 Å². The topological polar surface area (TPSA) is 110 Å². The third-order valence-electron chi connectivity index (χ3n) is 8.92. The lowest BCUT2D eigenvalue weighted by Crippen LogP contribution is -2.68. The lowest BCUT2D eigenvalue weighted by molar-refractivity contribution is -0.287. The van der Waals surface area contributed by atoms with Gasteiger partial charge in [0.05, 0.1) is 6.61 Å². The first-order valence-electron chi connectivity index (χ1n) is 17.9. The minimum atomic E-state index is -1.06. The molecule has 2 N–H and O–H groups in total. The first-order valence-corrected chi connectivity index (χ1v) is 17.9. The van der Waals surface area contributed by atoms with Gasteiger partial charge in [0.25, 0.3) is 0 Å². The number of nitrogens with zero attached hydrogens (tertiary/aromatic N) is 1. The molecular formula is C42H52N2O7. The summed E-state index contributed by atoms with van der Waals surface area (Å²) in [4.78, 5) is 28.0. The molecule has 1 saturated heterocycles. The van der Waals surface area contributed by atoms with Crippen LogP contribution in [0.5, 0.6) is 0 Å². The predicted octanol–water partition coefficient (Wildman–Crippen LogP) is 7.37. The molecule has 0 spiro atoms. The van der Waals surface area contributed by atoms with Crippen LogP contribution in [0.25, 0.3) is 21.5 Å². The minimum absolute atomic E-state index is 0.111. The van der Waals surface area contributed by atoms with Crippen molar-refractivity contribution < 1.29 is 33.3 Å². The van der Waals surface area contributed by atoms with E-state index in [0.29, 0.717) is 19.6 Å². The standard InChI is InChI=1S/C42H52N2O7/c1-6-23-49-40-37(44(29(2)45)41(46)51-42(3,4)5)39(48-25-12-14-31-20-22-33-16-8-10-18-35(33)27-31)38(36(28-43)50-40)47-24-11-13-30-19-21-32-15-7-9-17-34(32)26-30/h6-10,15-22,26-27,36-40H,1,11-14,23-25,28,43H2,2-5H3. The van der Waals surface area contributed by atoms with Gasteiger partial charge < -0.3 is 29.4 Å². The molecule has 4 aromatic carbocycles. The normalized spacial score (nSPS) is 20.7. The van der Waals surface area contributed by atoms with Crippen LogP contribution in [0.1, 0.15) is 51.7 Å². The molecule has 5 atom stereocenters. The zero-order chi connectivity index (χ0) is 36.4. The van der Waals surface area contributed by atoms with E-state index in [1.807, 2.05) is 24.3 Å². The molecule has 4 aromatic rings. The molecular weight excluding hydrogens is 644 g/mol. The van der Waals surface area contributed by atoms with Crippen molar-refractivity contribution in [2.45, 2.75) is 89.6 Å². The molecule has 1 heterocycles. The van der Waals surface area contributed by atoms with E-state index in [-0.39, 0.29) is 13.2 Å². The highest BCUT2D eigenvalue weighted by Crippen LogP contribution is 2.32. The molecule has 1 aliphatic rings. The summed E-state index contributed by atoms with van der Waals surface area (Å²) in [5, 5.41) is 4.76. The Hall–Kier alpha value is -4.12. The lowest BCUT2D eigenvalue weighted by Gasteiger charge is -2.48. The van der Waals surface area contributed by atoms with Gasteiger partial charge in [0, 0.05) is 26.7 Å². The SMILES string of the molecule is C=CCOC1OC(CN)C(OCCCc2ccc3ccccc3c2)C(OCCCc2ccc3ccccc3c2)C1N(C(C)=O)C(=O)OC(C)(C)C. The molecule has 5 unspecified atom stereocenters. The number of imide groups is 1. The Morgan fingerprint density at radius 3 is 1.82 bits per heavy atom. The molecule has 272 valence electrons. The molecule has 0 aliphatic carbocycles. The number of carbonyl (C=O) groups excluding carboxylic acids is 2. The first kappa shape index (κ1) is 38.1. The third-order valence-corrected chi connectivity index (χ3v) is 8.92. The molecule has 51 heavy (non-hydrogen) atoms. The summed E-state index contributed by atoms with van der Waals surface area (Å²) in [6, 6.07) is 28.5. The summed E-state index contributed by atoms with van der Waals surface area (Å²) in [6.07, 6.45) is 0.537. The summed E-state index contributed by atoms with van der Waals surface area (Å²) >= 11 is 0. The van der Waals surface area contributed by atoms with E-state index in [9.17, 15) is 9.59 Å². The Kier molecular flexibility index (Phi) is 13.4. The van der Waals surface area contributed by atoms with Crippen LogP contribution < -0.4 is 5.73 Å². The van der Waals surface area contributed by atoms with E-state index in [2.05, 4.69) is 67.2 Å². The molecule has 2 amide bonds. The fourth-order valence-corrected chi connectivity index (χ4v) is 6.60. The Labute approximate surface area is 301 Å². The smallest absolute Gasteiger partial charge is 0.417 e. The number of ether oxygens (including phenoxy) is 5. The van der Waals surface area contributed by atoms with Gasteiger partial charge in [-0.1, -0.05) is 91.0 Å². The Balaban J connectivity index is 1.38. The van der Waals surface area contributed by atoms with Gasteiger partial charge in [-0.25, -0.2) is 9.69 Å². The highest BCUT2D eigenvalue weighted by atomic mass is 16.7. The Bertz CT molecular complexity index is 1770. The zero-order valence-corrected chi connectivity index (χ0v) is 30.3. The van der Waals surface area contributed by atoms with Crippen molar-refractivity contribution in [1.82, 2.24) is 4.90 Å². The van der Waals surface area contributed by atoms with Gasteiger partial charge >= 0.3 is 6.09 Å². The molecule has 0 radical (unpaired) electrons. The number of rotatable bonds is 15. The van der Waals surface area contributed by atoms with E-state index in [1.54, 1.807) is 26.8 Å². The number of hydrogen-bond acceptors (Lipinski definition) is 8. The molecule has 1 fully saturated rings. The third kappa shape index (κ3) is 10.2. The number of nitrogens with two attached hydrogens (primary N) is 1. The maximum absolute atomic E-state index is 13.7. The van der Waals surface area contributed by atoms with Crippen molar-refractivity contribution in [3.05, 3.63) is 109 Å². The van der Waals surface area contributed by atoms with Crippen LogP contribution in [0.4, 0.5) is 4.79 Å². The maximum atomic E-state index is 13.7. The highest BCUT2D eigenvalue weighted by Gasteiger charge is 2.53. The zero-order valence-electron chi connectivity index (χ0n) is 30.3. The van der Waals surface area contributed by atoms with E-state index in [4.69, 9.17) is 29.4 Å². The summed E-state index contributed by atoms with van der Waals surface area (Å²) in [6.45, 7) is 11.3. The van der Waals surface area contributed by atoms with Gasteiger partial charge in [-0.15, -0.1) is 6.58 Å². The number of amides is 2. The van der Waals surface area contributed by atoms with Crippen LogP contribution in [0.2, 0.25) is 0 Å². The number of fused-ring (bicyclic) bond motifs is 2. The summed E-state index contributed by atoms with van der Waals surface area (Å²) in [7, 11) is 0. The summed E-state index contributed by atoms with van der Waals surface area (Å²) in [5.41, 5.74) is 7.83. The van der Waals surface area contributed by atoms with Crippen LogP contribution in [0.3, 0.4) is 0 Å². The first-order chi connectivity index (χ1) is 24.6. The van der Waals surface area contributed by atoms with Crippen molar-refractivity contribution in [3.8, 4) is 0 Å². The van der Waals surface area contributed by atoms with Crippen LogP contribution in [0, 0.1) is 0 Å². The van der Waals surface area contributed by atoms with Crippen LogP contribution in [-0.4, -0.2) is 79.5 Å². The van der Waals surface area contributed by atoms with E-state index >= 15 is 0 Å². The second kappa shape index (κ2) is 17.9. The van der Waals surface area contributed by atoms with Gasteiger partial charge in [-0.2, -0.15) is 0 Å². The van der Waals surface area contributed by atoms with Crippen LogP contribution in [0.15, 0.2) is 97.6 Å². The fourth-order valence-electron chi connectivity index (χ4n) is 6.60. The summed E-state index contributed by atoms with van der Waals surface area (Å²) < 4.78 is 31.4. The van der Waals surface area contributed by atoms with Crippen LogP contribution in [-0.2, 0) is 41.3 Å². The fraction of sp³-hybridized carbons (Fsp3) is 0.429. The van der Waals surface area contributed by atoms with Gasteiger partial charge in [-0.05, 0) is 79.1 Å². The minimum Gasteiger partial charge on any atom is -0.443 e. The number of carbonyl (C=O) groups is 2. The molecule has 9 heteroatoms. The van der Waals surface area contributed by atoms with E-state index in [1.165, 1.54) is 39.6 Å². The number of benzene rings is 4. The van der Waals surface area contributed by atoms with E-state index in [0.717, 1.165) is 24.2 Å². The van der Waals surface area contributed by atoms with Gasteiger partial charge in [0.15, 0.2) is 6.29 Å². The lowest BCUT2D eigenvalue weighted by atomic mass is 9.94. The molecule has 5 rings (SSSR count). The Morgan fingerprint density at radius 1 is 0.804 bits per heavy atom. The largest absolute Gasteiger partial charge is 0.443 e. The highest BCUT2D eigenvalue weighted by molar-refractivity contribution is 5.91. The second-order valence-corrected chi connectivity index (χ2v) is 14.0. The number of hydrogen-bond donors (Lipinski definition) is 1. The van der Waals surface area contributed by atoms with Gasteiger partial charge in [0.2, 0.25) is 5.91 Å². The average molecular weight is 697 g/mol.